The number of piperidine rings is 1. The van der Waals surface area contributed by atoms with Crippen molar-refractivity contribution in [3.05, 3.63) is 0 Å². The zero-order valence-electron chi connectivity index (χ0n) is 13.5. The van der Waals surface area contributed by atoms with E-state index in [1.54, 1.807) is 0 Å². The molecule has 0 saturated carbocycles. The Balaban J connectivity index is 2.22. The van der Waals surface area contributed by atoms with Crippen LogP contribution in [0.15, 0.2) is 0 Å². The molecule has 1 aromatic heterocycles. The number of aliphatic hydroxyl groups is 1. The van der Waals surface area contributed by atoms with Gasteiger partial charge in [-0.2, -0.15) is 15.0 Å². The maximum atomic E-state index is 11.2. The normalized spacial score (nSPS) is 18.1. The number of hydrogen-bond donors (Lipinski definition) is 4. The molecule has 1 unspecified atom stereocenters. The predicted octanol–water partition coefficient (Wildman–Crippen LogP) is 0.397. The van der Waals surface area contributed by atoms with Crippen molar-refractivity contribution < 1.29 is 15.0 Å². The minimum absolute atomic E-state index is 0.0290. The van der Waals surface area contributed by atoms with Gasteiger partial charge in [-0.25, -0.2) is 0 Å². The lowest BCUT2D eigenvalue weighted by Crippen LogP contribution is -2.40. The van der Waals surface area contributed by atoms with Crippen molar-refractivity contribution in [2.24, 2.45) is 5.92 Å². The highest BCUT2D eigenvalue weighted by Gasteiger charge is 2.27. The van der Waals surface area contributed by atoms with Gasteiger partial charge in [0.15, 0.2) is 0 Å². The van der Waals surface area contributed by atoms with Crippen molar-refractivity contribution in [2.75, 3.05) is 41.8 Å². The molecule has 4 N–H and O–H groups in total. The molecule has 2 rings (SSSR count). The summed E-state index contributed by atoms with van der Waals surface area (Å²) in [5, 5.41) is 24.2. The van der Waals surface area contributed by atoms with Gasteiger partial charge in [0, 0.05) is 25.7 Å². The predicted molar refractivity (Wildman–Crippen MR) is 86.7 cm³/mol. The summed E-state index contributed by atoms with van der Waals surface area (Å²) in [5.41, 5.74) is 0. The molecule has 9 nitrogen and oxygen atoms in total. The molecular formula is C14H24N6O3. The molecular weight excluding hydrogens is 300 g/mol. The Bertz CT molecular complexity index is 539. The van der Waals surface area contributed by atoms with E-state index in [1.807, 2.05) is 18.7 Å². The molecule has 128 valence electrons. The van der Waals surface area contributed by atoms with E-state index < -0.39 is 11.9 Å². The molecule has 0 spiro atoms. The average Bonchev–Trinajstić information content (AvgIpc) is 2.52. The number of aliphatic hydroxyl groups excluding tert-OH is 1. The number of carbonyl (C=O) groups is 1. The van der Waals surface area contributed by atoms with E-state index in [2.05, 4.69) is 25.6 Å². The van der Waals surface area contributed by atoms with Gasteiger partial charge in [-0.3, -0.25) is 4.79 Å². The van der Waals surface area contributed by atoms with E-state index >= 15 is 0 Å². The molecule has 0 bridgehead atoms. The molecule has 0 radical (unpaired) electrons. The lowest BCUT2D eigenvalue weighted by atomic mass is 9.99. The zero-order chi connectivity index (χ0) is 16.8. The standard InChI is InChI=1S/C14H24N6O3/c1-9(2)16-13-17-12(15-5-7-21)18-14(19-13)20-6-3-4-10(8-20)11(22)23/h9-10,21H,3-8H2,1-2H3,(H,22,23)(H2,15,16,17,18,19). The number of carboxylic acid groups (broad SMARTS) is 1. The van der Waals surface area contributed by atoms with Crippen molar-refractivity contribution in [3.8, 4) is 0 Å². The summed E-state index contributed by atoms with van der Waals surface area (Å²) in [7, 11) is 0. The van der Waals surface area contributed by atoms with Gasteiger partial charge in [0.05, 0.1) is 12.5 Å². The SMILES string of the molecule is CC(C)Nc1nc(NCCO)nc(N2CCCC(C(=O)O)C2)n1. The van der Waals surface area contributed by atoms with Gasteiger partial charge in [-0.1, -0.05) is 0 Å². The minimum atomic E-state index is -0.789. The van der Waals surface area contributed by atoms with E-state index in [-0.39, 0.29) is 12.6 Å². The third-order valence-corrected chi connectivity index (χ3v) is 3.49. The fourth-order valence-corrected chi connectivity index (χ4v) is 2.44. The molecule has 1 aliphatic heterocycles. The van der Waals surface area contributed by atoms with Crippen LogP contribution in [-0.4, -0.2) is 63.4 Å². The monoisotopic (exact) mass is 324 g/mol. The van der Waals surface area contributed by atoms with Gasteiger partial charge in [-0.15, -0.1) is 0 Å². The molecule has 1 atom stereocenters. The van der Waals surface area contributed by atoms with Gasteiger partial charge in [0.25, 0.3) is 0 Å². The Morgan fingerprint density at radius 1 is 1.35 bits per heavy atom. The molecule has 2 heterocycles. The van der Waals surface area contributed by atoms with Crippen LogP contribution in [0.3, 0.4) is 0 Å². The summed E-state index contributed by atoms with van der Waals surface area (Å²) in [6.45, 7) is 5.37. The summed E-state index contributed by atoms with van der Waals surface area (Å²) in [6, 6.07) is 0.157. The van der Waals surface area contributed by atoms with E-state index in [0.717, 1.165) is 6.42 Å². The lowest BCUT2D eigenvalue weighted by Gasteiger charge is -2.31. The summed E-state index contributed by atoms with van der Waals surface area (Å²) in [6.07, 6.45) is 1.46. The second-order valence-corrected chi connectivity index (χ2v) is 5.86. The van der Waals surface area contributed by atoms with Crippen LogP contribution in [0.1, 0.15) is 26.7 Å². The maximum Gasteiger partial charge on any atom is 0.308 e. The van der Waals surface area contributed by atoms with Crippen molar-refractivity contribution in [3.63, 3.8) is 0 Å². The van der Waals surface area contributed by atoms with Crippen LogP contribution in [0.25, 0.3) is 0 Å². The number of rotatable bonds is 7. The molecule has 1 fully saturated rings. The number of anilines is 3. The largest absolute Gasteiger partial charge is 0.481 e. The molecule has 0 amide bonds. The van der Waals surface area contributed by atoms with Crippen molar-refractivity contribution >= 4 is 23.8 Å². The summed E-state index contributed by atoms with van der Waals surface area (Å²) < 4.78 is 0. The first-order chi connectivity index (χ1) is 11.0. The van der Waals surface area contributed by atoms with Crippen molar-refractivity contribution in [1.29, 1.82) is 0 Å². The molecule has 1 saturated heterocycles. The Morgan fingerprint density at radius 2 is 2.09 bits per heavy atom. The smallest absolute Gasteiger partial charge is 0.308 e. The molecule has 1 aromatic rings. The van der Waals surface area contributed by atoms with Crippen LogP contribution >= 0.6 is 0 Å². The van der Waals surface area contributed by atoms with Crippen LogP contribution in [0.4, 0.5) is 17.8 Å². The first-order valence-electron chi connectivity index (χ1n) is 7.84. The van der Waals surface area contributed by atoms with Crippen molar-refractivity contribution in [1.82, 2.24) is 15.0 Å². The Kier molecular flexibility index (Phi) is 5.91. The molecule has 23 heavy (non-hydrogen) atoms. The van der Waals surface area contributed by atoms with Crippen molar-refractivity contribution in [2.45, 2.75) is 32.7 Å². The number of aromatic nitrogens is 3. The van der Waals surface area contributed by atoms with E-state index in [9.17, 15) is 9.90 Å². The van der Waals surface area contributed by atoms with Crippen LogP contribution in [0, 0.1) is 5.92 Å². The molecule has 9 heteroatoms. The number of nitrogens with one attached hydrogen (secondary N) is 2. The maximum absolute atomic E-state index is 11.2. The Morgan fingerprint density at radius 3 is 2.74 bits per heavy atom. The van der Waals surface area contributed by atoms with Crippen LogP contribution in [0.5, 0.6) is 0 Å². The lowest BCUT2D eigenvalue weighted by molar-refractivity contribution is -0.141. The third-order valence-electron chi connectivity index (χ3n) is 3.49. The summed E-state index contributed by atoms with van der Waals surface area (Å²) >= 11 is 0. The molecule has 1 aliphatic rings. The van der Waals surface area contributed by atoms with E-state index in [0.29, 0.717) is 43.9 Å². The van der Waals surface area contributed by atoms with E-state index in [1.165, 1.54) is 0 Å². The third kappa shape index (κ3) is 4.92. The quantitative estimate of drug-likeness (QED) is 0.564. The average molecular weight is 324 g/mol. The van der Waals surface area contributed by atoms with Gasteiger partial charge >= 0.3 is 5.97 Å². The van der Waals surface area contributed by atoms with Crippen LogP contribution in [0.2, 0.25) is 0 Å². The summed E-state index contributed by atoms with van der Waals surface area (Å²) in [5.74, 6) is 0.0564. The minimum Gasteiger partial charge on any atom is -0.481 e. The second-order valence-electron chi connectivity index (χ2n) is 5.86. The summed E-state index contributed by atoms with van der Waals surface area (Å²) in [4.78, 5) is 26.1. The highest BCUT2D eigenvalue weighted by atomic mass is 16.4. The highest BCUT2D eigenvalue weighted by Crippen LogP contribution is 2.22. The molecule has 0 aliphatic carbocycles. The van der Waals surface area contributed by atoms with Gasteiger partial charge in [0.2, 0.25) is 17.8 Å². The topological polar surface area (TPSA) is 124 Å². The Hall–Kier alpha value is -2.16. The molecule has 0 aromatic carbocycles. The van der Waals surface area contributed by atoms with Gasteiger partial charge in [-0.05, 0) is 26.7 Å². The van der Waals surface area contributed by atoms with Crippen LogP contribution < -0.4 is 15.5 Å². The van der Waals surface area contributed by atoms with Gasteiger partial charge < -0.3 is 25.7 Å². The fourth-order valence-electron chi connectivity index (χ4n) is 2.44. The highest BCUT2D eigenvalue weighted by molar-refractivity contribution is 5.71. The number of carboxylic acids is 1. The van der Waals surface area contributed by atoms with Crippen LogP contribution in [-0.2, 0) is 4.79 Å². The first kappa shape index (κ1) is 17.2. The number of aliphatic carboxylic acids is 1. The number of nitrogens with zero attached hydrogens (tertiary/aromatic N) is 4. The second kappa shape index (κ2) is 7.91. The first-order valence-corrected chi connectivity index (χ1v) is 7.84. The van der Waals surface area contributed by atoms with Gasteiger partial charge in [0.1, 0.15) is 0 Å². The fraction of sp³-hybridized carbons (Fsp3) is 0.714. The van der Waals surface area contributed by atoms with E-state index in [4.69, 9.17) is 5.11 Å². The number of hydrogen-bond acceptors (Lipinski definition) is 8. The Labute approximate surface area is 135 Å². The zero-order valence-corrected chi connectivity index (χ0v) is 13.5.